The van der Waals surface area contributed by atoms with Gasteiger partial charge in [0, 0.05) is 19.0 Å². The lowest BCUT2D eigenvalue weighted by atomic mass is 10.2. The minimum absolute atomic E-state index is 0.107. The lowest BCUT2D eigenvalue weighted by Crippen LogP contribution is -2.32. The molecular weight excluding hydrogens is 358 g/mol. The molecule has 1 aromatic carbocycles. The van der Waals surface area contributed by atoms with Crippen LogP contribution in [0.15, 0.2) is 23.1 Å². The Morgan fingerprint density at radius 1 is 1.24 bits per heavy atom. The zero-order valence-electron chi connectivity index (χ0n) is 15.1. The van der Waals surface area contributed by atoms with Crippen LogP contribution in [0.2, 0.25) is 0 Å². The van der Waals surface area contributed by atoms with Gasteiger partial charge in [-0.1, -0.05) is 39.0 Å². The summed E-state index contributed by atoms with van der Waals surface area (Å²) in [7, 11) is -3.52. The van der Waals surface area contributed by atoms with Crippen LogP contribution in [0, 0.1) is 5.92 Å². The molecule has 0 aliphatic carbocycles. The Kier molecular flexibility index (Phi) is 6.53. The summed E-state index contributed by atoms with van der Waals surface area (Å²) in [5, 5.41) is 3.25. The molecule has 1 amide bonds. The third-order valence-corrected chi connectivity index (χ3v) is 6.53. The van der Waals surface area contributed by atoms with Crippen molar-refractivity contribution in [3.63, 3.8) is 0 Å². The van der Waals surface area contributed by atoms with Crippen molar-refractivity contribution in [2.24, 2.45) is 5.92 Å². The number of amides is 1. The van der Waals surface area contributed by atoms with Gasteiger partial charge in [-0.05, 0) is 31.0 Å². The molecule has 25 heavy (non-hydrogen) atoms. The Bertz CT molecular complexity index is 838. The van der Waals surface area contributed by atoms with E-state index in [1.54, 1.807) is 18.2 Å². The van der Waals surface area contributed by atoms with Crippen LogP contribution in [0.25, 0.3) is 10.2 Å². The van der Waals surface area contributed by atoms with Gasteiger partial charge in [0.05, 0.1) is 15.1 Å². The van der Waals surface area contributed by atoms with Gasteiger partial charge in [-0.15, -0.1) is 0 Å². The number of thiazole rings is 1. The zero-order chi connectivity index (χ0) is 18.6. The number of fused-ring (bicyclic) bond motifs is 1. The molecule has 1 aromatic heterocycles. The van der Waals surface area contributed by atoms with Crippen LogP contribution in [0.1, 0.15) is 40.5 Å². The summed E-state index contributed by atoms with van der Waals surface area (Å²) in [5.41, 5.74) is 0.681. The molecule has 0 saturated carbocycles. The average Bonchev–Trinajstić information content (AvgIpc) is 2.95. The number of hydrogen-bond acceptors (Lipinski definition) is 5. The molecule has 2 rings (SSSR count). The fourth-order valence-corrected chi connectivity index (χ4v) is 5.00. The number of hydrogen-bond donors (Lipinski definition) is 1. The largest absolute Gasteiger partial charge is 0.302 e. The molecule has 0 bridgehead atoms. The number of carbonyl (C=O) groups is 1. The molecule has 2 aromatic rings. The van der Waals surface area contributed by atoms with Crippen molar-refractivity contribution in [2.45, 2.75) is 45.4 Å². The number of nitrogens with one attached hydrogen (secondary N) is 1. The Morgan fingerprint density at radius 2 is 1.88 bits per heavy atom. The van der Waals surface area contributed by atoms with Gasteiger partial charge in [0.15, 0.2) is 5.13 Å². The van der Waals surface area contributed by atoms with Gasteiger partial charge in [0.1, 0.15) is 0 Å². The summed E-state index contributed by atoms with van der Waals surface area (Å²) in [5.74, 6) is -0.247. The second kappa shape index (κ2) is 8.25. The molecule has 0 atom stereocenters. The highest BCUT2D eigenvalue weighted by Gasteiger charge is 2.24. The van der Waals surface area contributed by atoms with Crippen molar-refractivity contribution in [2.75, 3.05) is 18.4 Å². The summed E-state index contributed by atoms with van der Waals surface area (Å²) in [6.45, 7) is 8.56. The summed E-state index contributed by atoms with van der Waals surface area (Å²) in [4.78, 5) is 16.4. The van der Waals surface area contributed by atoms with Crippen LogP contribution in [0.4, 0.5) is 5.13 Å². The molecule has 6 nitrogen and oxygen atoms in total. The van der Waals surface area contributed by atoms with E-state index < -0.39 is 10.0 Å². The lowest BCUT2D eigenvalue weighted by molar-refractivity contribution is -0.118. The van der Waals surface area contributed by atoms with Crippen LogP contribution in [-0.2, 0) is 14.8 Å². The highest BCUT2D eigenvalue weighted by molar-refractivity contribution is 7.89. The quantitative estimate of drug-likeness (QED) is 0.754. The molecule has 0 aliphatic heterocycles. The van der Waals surface area contributed by atoms with E-state index in [2.05, 4.69) is 10.3 Å². The first-order valence-corrected chi connectivity index (χ1v) is 10.8. The summed E-state index contributed by atoms with van der Waals surface area (Å²) in [6.07, 6.45) is 1.54. The van der Waals surface area contributed by atoms with E-state index in [-0.39, 0.29) is 16.7 Å². The molecule has 0 aliphatic rings. The van der Waals surface area contributed by atoms with Crippen molar-refractivity contribution < 1.29 is 13.2 Å². The molecule has 138 valence electrons. The van der Waals surface area contributed by atoms with Crippen molar-refractivity contribution >= 4 is 42.6 Å². The van der Waals surface area contributed by atoms with E-state index in [1.165, 1.54) is 15.6 Å². The van der Waals surface area contributed by atoms with E-state index in [4.69, 9.17) is 0 Å². The van der Waals surface area contributed by atoms with E-state index in [0.29, 0.717) is 23.7 Å². The smallest absolute Gasteiger partial charge is 0.243 e. The maximum Gasteiger partial charge on any atom is 0.243 e. The van der Waals surface area contributed by atoms with Crippen LogP contribution in [-0.4, -0.2) is 36.7 Å². The SMILES string of the molecule is CCCN(CCC)S(=O)(=O)c1ccc2nc(NC(=O)C(C)C)sc2c1. The van der Waals surface area contributed by atoms with Crippen LogP contribution in [0.5, 0.6) is 0 Å². The number of rotatable bonds is 8. The standard InChI is InChI=1S/C17H25N3O3S2/c1-5-9-20(10-6-2)25(22,23)13-7-8-14-15(11-13)24-17(18-14)19-16(21)12(3)4/h7-8,11-12H,5-6,9-10H2,1-4H3,(H,18,19,21). The van der Waals surface area contributed by atoms with Gasteiger partial charge >= 0.3 is 0 Å². The minimum Gasteiger partial charge on any atom is -0.302 e. The number of nitrogens with zero attached hydrogens (tertiary/aromatic N) is 2. The fourth-order valence-electron chi connectivity index (χ4n) is 2.37. The van der Waals surface area contributed by atoms with E-state index >= 15 is 0 Å². The highest BCUT2D eigenvalue weighted by atomic mass is 32.2. The molecule has 0 saturated heterocycles. The van der Waals surface area contributed by atoms with Crippen molar-refractivity contribution in [1.29, 1.82) is 0 Å². The Balaban J connectivity index is 2.35. The van der Waals surface area contributed by atoms with Crippen LogP contribution >= 0.6 is 11.3 Å². The van der Waals surface area contributed by atoms with E-state index in [9.17, 15) is 13.2 Å². The van der Waals surface area contributed by atoms with E-state index in [0.717, 1.165) is 17.5 Å². The van der Waals surface area contributed by atoms with Gasteiger partial charge in [-0.3, -0.25) is 4.79 Å². The molecule has 0 radical (unpaired) electrons. The van der Waals surface area contributed by atoms with Gasteiger partial charge < -0.3 is 5.32 Å². The Morgan fingerprint density at radius 3 is 2.44 bits per heavy atom. The van der Waals surface area contributed by atoms with Crippen LogP contribution in [0.3, 0.4) is 0 Å². The zero-order valence-corrected chi connectivity index (χ0v) is 16.7. The molecule has 1 N–H and O–H groups in total. The van der Waals surface area contributed by atoms with Crippen LogP contribution < -0.4 is 5.32 Å². The number of aromatic nitrogens is 1. The maximum absolute atomic E-state index is 12.9. The molecule has 8 heteroatoms. The predicted molar refractivity (Wildman–Crippen MR) is 102 cm³/mol. The van der Waals surface area contributed by atoms with Crippen molar-refractivity contribution in [1.82, 2.24) is 9.29 Å². The van der Waals surface area contributed by atoms with Crippen molar-refractivity contribution in [3.8, 4) is 0 Å². The topological polar surface area (TPSA) is 79.4 Å². The van der Waals surface area contributed by atoms with Gasteiger partial charge in [0.2, 0.25) is 15.9 Å². The monoisotopic (exact) mass is 383 g/mol. The third-order valence-electron chi connectivity index (χ3n) is 3.70. The first kappa shape index (κ1) is 19.8. The minimum atomic E-state index is -3.52. The summed E-state index contributed by atoms with van der Waals surface area (Å²) in [6, 6.07) is 4.93. The molecular formula is C17H25N3O3S2. The van der Waals surface area contributed by atoms with Gasteiger partial charge in [-0.2, -0.15) is 4.31 Å². The number of sulfonamides is 1. The average molecular weight is 384 g/mol. The molecule has 0 unspecified atom stereocenters. The summed E-state index contributed by atoms with van der Waals surface area (Å²) >= 11 is 1.29. The third kappa shape index (κ3) is 4.56. The molecule has 1 heterocycles. The Labute approximate surface area is 153 Å². The Hall–Kier alpha value is -1.51. The maximum atomic E-state index is 12.9. The first-order valence-electron chi connectivity index (χ1n) is 8.51. The molecule has 0 spiro atoms. The van der Waals surface area contributed by atoms with Gasteiger partial charge in [-0.25, -0.2) is 13.4 Å². The second-order valence-corrected chi connectivity index (χ2v) is 9.17. The second-order valence-electron chi connectivity index (χ2n) is 6.20. The normalized spacial score (nSPS) is 12.2. The number of carbonyl (C=O) groups excluding carboxylic acids is 1. The van der Waals surface area contributed by atoms with Crippen molar-refractivity contribution in [3.05, 3.63) is 18.2 Å². The highest BCUT2D eigenvalue weighted by Crippen LogP contribution is 2.29. The number of anilines is 1. The summed E-state index contributed by atoms with van der Waals surface area (Å²) < 4.78 is 28.0. The molecule has 0 fully saturated rings. The lowest BCUT2D eigenvalue weighted by Gasteiger charge is -2.20. The predicted octanol–water partition coefficient (Wildman–Crippen LogP) is 3.70. The first-order chi connectivity index (χ1) is 11.8. The van der Waals surface area contributed by atoms with Gasteiger partial charge in [0.25, 0.3) is 0 Å². The van der Waals surface area contributed by atoms with E-state index in [1.807, 2.05) is 27.7 Å². The number of benzene rings is 1. The fraction of sp³-hybridized carbons (Fsp3) is 0.529.